The number of halogens is 1. The SMILES string of the molecule is COc1ccc(-n2nc(C(=O)Nc3ccc(F)cc3)c3ccccc3c2=O)c(OC)c1. The summed E-state index contributed by atoms with van der Waals surface area (Å²) in [5, 5.41) is 7.75. The molecule has 0 fully saturated rings. The first-order valence-corrected chi connectivity index (χ1v) is 9.33. The summed E-state index contributed by atoms with van der Waals surface area (Å²) in [6.07, 6.45) is 0. The number of hydrogen-bond donors (Lipinski definition) is 1. The van der Waals surface area contributed by atoms with E-state index in [4.69, 9.17) is 9.47 Å². The molecule has 0 unspecified atom stereocenters. The number of anilines is 1. The van der Waals surface area contributed by atoms with E-state index in [9.17, 15) is 14.0 Å². The molecule has 156 valence electrons. The lowest BCUT2D eigenvalue weighted by molar-refractivity contribution is 0.102. The first-order chi connectivity index (χ1) is 15.0. The zero-order chi connectivity index (χ0) is 22.0. The van der Waals surface area contributed by atoms with Gasteiger partial charge < -0.3 is 14.8 Å². The van der Waals surface area contributed by atoms with Crippen LogP contribution in [0.1, 0.15) is 10.5 Å². The van der Waals surface area contributed by atoms with E-state index in [2.05, 4.69) is 10.4 Å². The molecule has 0 bridgehead atoms. The third-order valence-electron chi connectivity index (χ3n) is 4.74. The minimum Gasteiger partial charge on any atom is -0.497 e. The van der Waals surface area contributed by atoms with Gasteiger partial charge in [-0.15, -0.1) is 0 Å². The first kappa shape index (κ1) is 20.1. The van der Waals surface area contributed by atoms with Crippen molar-refractivity contribution >= 4 is 22.4 Å². The van der Waals surface area contributed by atoms with Gasteiger partial charge in [0.15, 0.2) is 5.69 Å². The fourth-order valence-corrected chi connectivity index (χ4v) is 3.20. The lowest BCUT2D eigenvalue weighted by Gasteiger charge is -2.14. The van der Waals surface area contributed by atoms with Crippen molar-refractivity contribution in [1.29, 1.82) is 0 Å². The summed E-state index contributed by atoms with van der Waals surface area (Å²) in [4.78, 5) is 26.2. The van der Waals surface area contributed by atoms with Crippen LogP contribution in [0.25, 0.3) is 16.5 Å². The van der Waals surface area contributed by atoms with Crippen molar-refractivity contribution in [3.8, 4) is 17.2 Å². The second-order valence-electron chi connectivity index (χ2n) is 6.61. The van der Waals surface area contributed by atoms with Crippen molar-refractivity contribution in [3.05, 3.63) is 88.6 Å². The number of fused-ring (bicyclic) bond motifs is 1. The van der Waals surface area contributed by atoms with E-state index in [1.54, 1.807) is 42.5 Å². The average Bonchev–Trinajstić information content (AvgIpc) is 2.80. The van der Waals surface area contributed by atoms with E-state index < -0.39 is 17.3 Å². The number of aromatic nitrogens is 2. The van der Waals surface area contributed by atoms with Gasteiger partial charge in [-0.25, -0.2) is 4.39 Å². The maximum absolute atomic E-state index is 13.2. The Hall–Kier alpha value is -4.20. The van der Waals surface area contributed by atoms with Gasteiger partial charge in [0, 0.05) is 17.1 Å². The number of methoxy groups -OCH3 is 2. The highest BCUT2D eigenvalue weighted by Crippen LogP contribution is 2.27. The summed E-state index contributed by atoms with van der Waals surface area (Å²) in [5.41, 5.74) is 0.390. The van der Waals surface area contributed by atoms with Crippen LogP contribution in [0.2, 0.25) is 0 Å². The second kappa shape index (κ2) is 8.27. The molecule has 1 aromatic heterocycles. The van der Waals surface area contributed by atoms with Crippen molar-refractivity contribution in [2.75, 3.05) is 19.5 Å². The molecule has 0 spiro atoms. The average molecular weight is 419 g/mol. The highest BCUT2D eigenvalue weighted by Gasteiger charge is 2.19. The van der Waals surface area contributed by atoms with Gasteiger partial charge in [-0.05, 0) is 42.5 Å². The highest BCUT2D eigenvalue weighted by molar-refractivity contribution is 6.11. The zero-order valence-corrected chi connectivity index (χ0v) is 16.8. The standard InChI is InChI=1S/C23H18FN3O4/c1-30-16-11-12-19(20(13-16)31-2)27-23(29)18-6-4-3-5-17(18)21(26-27)22(28)25-15-9-7-14(24)8-10-15/h3-13H,1-2H3,(H,25,28). The maximum Gasteiger partial charge on any atom is 0.279 e. The van der Waals surface area contributed by atoms with Gasteiger partial charge in [0.05, 0.1) is 19.6 Å². The number of nitrogens with zero attached hydrogens (tertiary/aromatic N) is 2. The summed E-state index contributed by atoms with van der Waals surface area (Å²) in [5.74, 6) is -0.0522. The molecular formula is C23H18FN3O4. The Kier molecular flexibility index (Phi) is 5.36. The number of carbonyl (C=O) groups excluding carboxylic acids is 1. The van der Waals surface area contributed by atoms with E-state index in [0.29, 0.717) is 33.6 Å². The van der Waals surface area contributed by atoms with Crippen LogP contribution >= 0.6 is 0 Å². The van der Waals surface area contributed by atoms with Gasteiger partial charge in [0.2, 0.25) is 0 Å². The van der Waals surface area contributed by atoms with Crippen LogP contribution in [0, 0.1) is 5.82 Å². The Morgan fingerprint density at radius 1 is 0.968 bits per heavy atom. The van der Waals surface area contributed by atoms with Gasteiger partial charge in [-0.3, -0.25) is 9.59 Å². The molecule has 0 saturated carbocycles. The first-order valence-electron chi connectivity index (χ1n) is 9.33. The molecule has 1 heterocycles. The van der Waals surface area contributed by atoms with Crippen molar-refractivity contribution in [1.82, 2.24) is 9.78 Å². The van der Waals surface area contributed by atoms with Gasteiger partial charge >= 0.3 is 0 Å². The molecule has 0 saturated heterocycles. The van der Waals surface area contributed by atoms with E-state index in [-0.39, 0.29) is 5.69 Å². The molecule has 3 aromatic carbocycles. The summed E-state index contributed by atoms with van der Waals surface area (Å²) in [6, 6.07) is 17.0. The summed E-state index contributed by atoms with van der Waals surface area (Å²) < 4.78 is 24.9. The molecule has 0 atom stereocenters. The van der Waals surface area contributed by atoms with Gasteiger partial charge in [-0.2, -0.15) is 9.78 Å². The minimum absolute atomic E-state index is 0.0393. The number of hydrogen-bond acceptors (Lipinski definition) is 5. The zero-order valence-electron chi connectivity index (χ0n) is 16.8. The molecule has 0 aliphatic rings. The topological polar surface area (TPSA) is 82.5 Å². The van der Waals surface area contributed by atoms with Crippen LogP contribution in [-0.2, 0) is 0 Å². The fraction of sp³-hybridized carbons (Fsp3) is 0.0870. The number of ether oxygens (including phenoxy) is 2. The van der Waals surface area contributed by atoms with Crippen LogP contribution in [0.15, 0.2) is 71.5 Å². The third-order valence-corrected chi connectivity index (χ3v) is 4.74. The minimum atomic E-state index is -0.538. The Bertz CT molecular complexity index is 1330. The van der Waals surface area contributed by atoms with E-state index >= 15 is 0 Å². The van der Waals surface area contributed by atoms with Crippen LogP contribution in [0.5, 0.6) is 11.5 Å². The summed E-state index contributed by atoms with van der Waals surface area (Å²) >= 11 is 0. The Morgan fingerprint density at radius 2 is 1.68 bits per heavy atom. The Labute approximate surface area is 176 Å². The van der Waals surface area contributed by atoms with Gasteiger partial charge in [-0.1, -0.05) is 18.2 Å². The molecule has 1 amide bonds. The molecule has 31 heavy (non-hydrogen) atoms. The Morgan fingerprint density at radius 3 is 2.35 bits per heavy atom. The van der Waals surface area contributed by atoms with Gasteiger partial charge in [0.25, 0.3) is 11.5 Å². The van der Waals surface area contributed by atoms with Crippen molar-refractivity contribution < 1.29 is 18.7 Å². The monoisotopic (exact) mass is 419 g/mol. The van der Waals surface area contributed by atoms with Crippen molar-refractivity contribution in [3.63, 3.8) is 0 Å². The summed E-state index contributed by atoms with van der Waals surface area (Å²) in [6.45, 7) is 0. The van der Waals surface area contributed by atoms with Gasteiger partial charge in [0.1, 0.15) is 23.0 Å². The van der Waals surface area contributed by atoms with Crippen LogP contribution in [0.4, 0.5) is 10.1 Å². The lowest BCUT2D eigenvalue weighted by atomic mass is 10.1. The molecule has 0 aliphatic heterocycles. The number of nitrogens with one attached hydrogen (secondary N) is 1. The lowest BCUT2D eigenvalue weighted by Crippen LogP contribution is -2.26. The van der Waals surface area contributed by atoms with E-state index in [1.807, 2.05) is 0 Å². The van der Waals surface area contributed by atoms with Crippen LogP contribution < -0.4 is 20.3 Å². The number of benzene rings is 3. The molecular weight excluding hydrogens is 401 g/mol. The van der Waals surface area contributed by atoms with Crippen LogP contribution in [-0.4, -0.2) is 29.9 Å². The smallest absolute Gasteiger partial charge is 0.279 e. The molecule has 1 N–H and O–H groups in total. The molecule has 0 aliphatic carbocycles. The second-order valence-corrected chi connectivity index (χ2v) is 6.61. The molecule has 4 aromatic rings. The van der Waals surface area contributed by atoms with Crippen molar-refractivity contribution in [2.45, 2.75) is 0 Å². The number of rotatable bonds is 5. The van der Waals surface area contributed by atoms with Crippen LogP contribution in [0.3, 0.4) is 0 Å². The predicted octanol–water partition coefficient (Wildman–Crippen LogP) is 3.79. The fourth-order valence-electron chi connectivity index (χ4n) is 3.20. The van der Waals surface area contributed by atoms with E-state index in [0.717, 1.165) is 4.68 Å². The number of amides is 1. The van der Waals surface area contributed by atoms with E-state index in [1.165, 1.54) is 38.5 Å². The molecule has 7 nitrogen and oxygen atoms in total. The molecule has 4 rings (SSSR count). The normalized spacial score (nSPS) is 10.7. The quantitative estimate of drug-likeness (QED) is 0.532. The van der Waals surface area contributed by atoms with Crippen molar-refractivity contribution in [2.24, 2.45) is 0 Å². The predicted molar refractivity (Wildman–Crippen MR) is 115 cm³/mol. The molecule has 0 radical (unpaired) electrons. The summed E-state index contributed by atoms with van der Waals surface area (Å²) in [7, 11) is 2.99. The maximum atomic E-state index is 13.2. The number of carbonyl (C=O) groups is 1. The Balaban J connectivity index is 1.89. The largest absolute Gasteiger partial charge is 0.497 e. The highest BCUT2D eigenvalue weighted by atomic mass is 19.1. The third kappa shape index (κ3) is 3.83. The molecule has 8 heteroatoms.